The van der Waals surface area contributed by atoms with Gasteiger partial charge in [0.1, 0.15) is 3.14 Å². The molecule has 0 aliphatic rings. The minimum absolute atomic E-state index is 0.593. The van der Waals surface area contributed by atoms with Gasteiger partial charge in [-0.15, -0.1) is 34.4 Å². The van der Waals surface area contributed by atoms with Crippen LogP contribution in [0.15, 0.2) is 4.21 Å². The van der Waals surface area contributed by atoms with Crippen molar-refractivity contribution in [1.29, 1.82) is 5.26 Å². The molecule has 0 radical (unpaired) electrons. The molecule has 0 aliphatic heterocycles. The molecule has 0 spiro atoms. The van der Waals surface area contributed by atoms with Crippen molar-refractivity contribution in [1.82, 2.24) is 0 Å². The molecule has 0 atom stereocenters. The monoisotopic (exact) mass is 233 g/mol. The average Bonchev–Trinajstić information content (AvgIpc) is 2.42. The fourth-order valence-corrected chi connectivity index (χ4v) is 4.75. The van der Waals surface area contributed by atoms with E-state index < -0.39 is 0 Å². The van der Waals surface area contributed by atoms with Crippen molar-refractivity contribution >= 4 is 46.7 Å². The molecule has 1 nitrogen and oxygen atoms in total. The van der Waals surface area contributed by atoms with Crippen molar-refractivity contribution in [3.63, 3.8) is 0 Å². The highest BCUT2D eigenvalue weighted by atomic mass is 32.2. The average molecular weight is 233 g/mol. The predicted molar refractivity (Wildman–Crippen MR) is 58.7 cm³/mol. The number of aryl methyl sites for hydroxylation is 1. The Bertz CT molecular complexity index is 343. The Balaban J connectivity index is 2.83. The van der Waals surface area contributed by atoms with Gasteiger partial charge in [0.05, 0.1) is 10.3 Å². The number of hydrogen-bond acceptors (Lipinski definition) is 5. The maximum absolute atomic E-state index is 8.42. The van der Waals surface area contributed by atoms with Crippen LogP contribution < -0.4 is 0 Å². The first kappa shape index (κ1) is 10.2. The Hall–Kier alpha value is 0.110. The summed E-state index contributed by atoms with van der Waals surface area (Å²) in [4.78, 5) is 1.28. The first-order valence-corrected chi connectivity index (χ1v) is 6.58. The van der Waals surface area contributed by atoms with Gasteiger partial charge in [0, 0.05) is 11.3 Å². The van der Waals surface area contributed by atoms with Crippen LogP contribution >= 0.6 is 46.7 Å². The van der Waals surface area contributed by atoms with E-state index in [0.29, 0.717) is 6.42 Å². The summed E-state index contributed by atoms with van der Waals surface area (Å²) >= 11 is 10.1. The number of nitrogens with zero attached hydrogens (tertiary/aromatic N) is 1. The Morgan fingerprint density at radius 2 is 2.33 bits per heavy atom. The summed E-state index contributed by atoms with van der Waals surface area (Å²) in [7, 11) is 0. The van der Waals surface area contributed by atoms with Gasteiger partial charge in [-0.25, -0.2) is 0 Å². The number of nitriles is 1. The molecule has 64 valence electrons. The van der Waals surface area contributed by atoms with Crippen LogP contribution in [0.5, 0.6) is 0 Å². The number of rotatable bonds is 3. The van der Waals surface area contributed by atoms with Gasteiger partial charge < -0.3 is 0 Å². The molecule has 1 heterocycles. The SMILES string of the molecule is CSc1sc(=S)sc1CCC#N. The van der Waals surface area contributed by atoms with E-state index in [-0.39, 0.29) is 0 Å². The van der Waals surface area contributed by atoms with Crippen molar-refractivity contribution in [2.75, 3.05) is 6.26 Å². The molecule has 0 bridgehead atoms. The van der Waals surface area contributed by atoms with Crippen molar-refractivity contribution in [3.8, 4) is 6.07 Å². The Morgan fingerprint density at radius 3 is 2.92 bits per heavy atom. The highest BCUT2D eigenvalue weighted by Gasteiger charge is 2.04. The lowest BCUT2D eigenvalue weighted by molar-refractivity contribution is 1.02. The third-order valence-electron chi connectivity index (χ3n) is 1.26. The second kappa shape index (κ2) is 4.97. The smallest absolute Gasteiger partial charge is 0.145 e. The van der Waals surface area contributed by atoms with Crippen LogP contribution in [-0.4, -0.2) is 6.26 Å². The summed E-state index contributed by atoms with van der Waals surface area (Å²) in [5.41, 5.74) is 0. The molecule has 0 fully saturated rings. The summed E-state index contributed by atoms with van der Waals surface area (Å²) in [6.45, 7) is 0. The number of thioether (sulfide) groups is 1. The largest absolute Gasteiger partial charge is 0.198 e. The maximum Gasteiger partial charge on any atom is 0.145 e. The molecule has 0 saturated heterocycles. The van der Waals surface area contributed by atoms with Crippen LogP contribution in [0.3, 0.4) is 0 Å². The highest BCUT2D eigenvalue weighted by molar-refractivity contribution is 8.01. The van der Waals surface area contributed by atoms with Crippen molar-refractivity contribution < 1.29 is 0 Å². The van der Waals surface area contributed by atoms with E-state index >= 15 is 0 Å². The zero-order chi connectivity index (χ0) is 8.97. The second-order valence-corrected chi connectivity index (χ2v) is 6.41. The van der Waals surface area contributed by atoms with Gasteiger partial charge in [0.2, 0.25) is 0 Å². The van der Waals surface area contributed by atoms with E-state index in [9.17, 15) is 0 Å². The summed E-state index contributed by atoms with van der Waals surface area (Å²) in [6.07, 6.45) is 3.49. The van der Waals surface area contributed by atoms with Crippen LogP contribution in [0.1, 0.15) is 11.3 Å². The minimum atomic E-state index is 0.593. The van der Waals surface area contributed by atoms with Gasteiger partial charge in [-0.05, 0) is 12.7 Å². The van der Waals surface area contributed by atoms with Crippen LogP contribution in [0.2, 0.25) is 0 Å². The van der Waals surface area contributed by atoms with E-state index in [4.69, 9.17) is 17.5 Å². The third kappa shape index (κ3) is 2.56. The molecular formula is C7H7NS4. The normalized spacial score (nSPS) is 9.67. The Kier molecular flexibility index (Phi) is 4.22. The second-order valence-electron chi connectivity index (χ2n) is 2.03. The molecule has 0 aromatic carbocycles. The molecule has 0 saturated carbocycles. The van der Waals surface area contributed by atoms with Crippen molar-refractivity contribution in [3.05, 3.63) is 8.01 Å². The van der Waals surface area contributed by atoms with Crippen LogP contribution in [0.4, 0.5) is 0 Å². The highest BCUT2D eigenvalue weighted by Crippen LogP contribution is 2.33. The summed E-state index contributed by atoms with van der Waals surface area (Å²) < 4.78 is 2.24. The van der Waals surface area contributed by atoms with Gasteiger partial charge in [0.25, 0.3) is 0 Å². The lowest BCUT2D eigenvalue weighted by Gasteiger charge is -1.93. The van der Waals surface area contributed by atoms with Crippen LogP contribution in [-0.2, 0) is 6.42 Å². The quantitative estimate of drug-likeness (QED) is 0.587. The zero-order valence-electron chi connectivity index (χ0n) is 6.49. The van der Waals surface area contributed by atoms with E-state index in [1.54, 1.807) is 34.4 Å². The lowest BCUT2D eigenvalue weighted by Crippen LogP contribution is -1.78. The molecule has 0 N–H and O–H groups in total. The number of hydrogen-bond donors (Lipinski definition) is 0. The van der Waals surface area contributed by atoms with Crippen molar-refractivity contribution in [2.24, 2.45) is 0 Å². The maximum atomic E-state index is 8.42. The van der Waals surface area contributed by atoms with Gasteiger partial charge in [-0.1, -0.05) is 12.2 Å². The van der Waals surface area contributed by atoms with Gasteiger partial charge >= 0.3 is 0 Å². The molecule has 0 aliphatic carbocycles. The molecule has 0 amide bonds. The molecule has 12 heavy (non-hydrogen) atoms. The van der Waals surface area contributed by atoms with E-state index in [2.05, 4.69) is 6.07 Å². The molecule has 0 unspecified atom stereocenters. The third-order valence-corrected chi connectivity index (χ3v) is 5.30. The van der Waals surface area contributed by atoms with Crippen molar-refractivity contribution in [2.45, 2.75) is 17.1 Å². The van der Waals surface area contributed by atoms with E-state index in [1.165, 1.54) is 9.09 Å². The fourth-order valence-electron chi connectivity index (χ4n) is 0.774. The summed E-state index contributed by atoms with van der Waals surface area (Å²) in [5.74, 6) is 0. The predicted octanol–water partition coefficient (Wildman–Crippen LogP) is 3.72. The fraction of sp³-hybridized carbons (Fsp3) is 0.429. The van der Waals surface area contributed by atoms with E-state index in [1.807, 2.05) is 6.26 Å². The van der Waals surface area contributed by atoms with Crippen LogP contribution in [0, 0.1) is 14.5 Å². The summed E-state index contributed by atoms with van der Waals surface area (Å²) in [5, 5.41) is 8.42. The standard InChI is InChI=1S/C7H7NS4/c1-10-6-5(3-2-4-8)11-7(9)12-6/h2-3H2,1H3. The molecule has 1 rings (SSSR count). The minimum Gasteiger partial charge on any atom is -0.198 e. The zero-order valence-corrected chi connectivity index (χ0v) is 9.76. The Morgan fingerprint density at radius 1 is 1.58 bits per heavy atom. The lowest BCUT2D eigenvalue weighted by atomic mass is 10.3. The first-order chi connectivity index (χ1) is 5.77. The van der Waals surface area contributed by atoms with Gasteiger partial charge in [-0.2, -0.15) is 5.26 Å². The molecular weight excluding hydrogens is 226 g/mol. The van der Waals surface area contributed by atoms with Gasteiger partial charge in [0.15, 0.2) is 0 Å². The molecule has 5 heteroatoms. The summed E-state index contributed by atoms with van der Waals surface area (Å²) in [6, 6.07) is 2.14. The van der Waals surface area contributed by atoms with Gasteiger partial charge in [-0.3, -0.25) is 0 Å². The molecule has 1 aromatic rings. The Labute approximate surface area is 89.1 Å². The topological polar surface area (TPSA) is 23.8 Å². The molecule has 1 aromatic heterocycles. The van der Waals surface area contributed by atoms with Crippen LogP contribution in [0.25, 0.3) is 0 Å². The first-order valence-electron chi connectivity index (χ1n) is 3.31. The van der Waals surface area contributed by atoms with E-state index in [0.717, 1.165) is 9.56 Å².